The van der Waals surface area contributed by atoms with Crippen molar-refractivity contribution < 1.29 is 14.3 Å². The summed E-state index contributed by atoms with van der Waals surface area (Å²) in [5.74, 6) is -0.358. The van der Waals surface area contributed by atoms with Gasteiger partial charge in [-0.1, -0.05) is 54.6 Å². The first-order chi connectivity index (χ1) is 13.3. The maximum atomic E-state index is 12.2. The Bertz CT molecular complexity index is 910. The van der Waals surface area contributed by atoms with Crippen molar-refractivity contribution in [1.82, 2.24) is 4.98 Å². The van der Waals surface area contributed by atoms with Gasteiger partial charge >= 0.3 is 5.97 Å². The Morgan fingerprint density at radius 2 is 1.59 bits per heavy atom. The van der Waals surface area contributed by atoms with Crippen molar-refractivity contribution in [1.29, 1.82) is 0 Å². The fourth-order valence-electron chi connectivity index (χ4n) is 3.48. The number of aromatic amines is 1. The number of methoxy groups -OCH3 is 1. The molecule has 1 aliphatic rings. The molecule has 3 aromatic rings. The number of nitrogens with one attached hydrogen (secondary N) is 1. The molecule has 2 heterocycles. The number of rotatable bonds is 4. The van der Waals surface area contributed by atoms with Crippen molar-refractivity contribution in [3.63, 3.8) is 0 Å². The molecule has 5 heteroatoms. The molecule has 0 unspecified atom stereocenters. The van der Waals surface area contributed by atoms with Crippen LogP contribution >= 0.6 is 0 Å². The minimum Gasteiger partial charge on any atom is -0.464 e. The highest BCUT2D eigenvalue weighted by Gasteiger charge is 2.25. The number of carbonyl (C=O) groups is 1. The van der Waals surface area contributed by atoms with Crippen LogP contribution in [0.5, 0.6) is 0 Å². The van der Waals surface area contributed by atoms with E-state index < -0.39 is 0 Å². The number of H-pyrrole nitrogens is 1. The number of aromatic nitrogens is 1. The number of ether oxygens (including phenoxy) is 2. The molecule has 27 heavy (non-hydrogen) atoms. The SMILES string of the molecule is COC(=O)c1[nH]cc(-c2ccc(-c3ccccc3)cc2)c1N1CCOCC1. The first-order valence-electron chi connectivity index (χ1n) is 9.06. The zero-order valence-corrected chi connectivity index (χ0v) is 15.3. The number of carbonyl (C=O) groups excluding carboxylic acids is 1. The molecule has 0 bridgehead atoms. The predicted molar refractivity (Wildman–Crippen MR) is 106 cm³/mol. The molecule has 4 rings (SSSR count). The van der Waals surface area contributed by atoms with Gasteiger partial charge in [0.05, 0.1) is 26.0 Å². The fourth-order valence-corrected chi connectivity index (χ4v) is 3.48. The summed E-state index contributed by atoms with van der Waals surface area (Å²) in [6.07, 6.45) is 1.88. The highest BCUT2D eigenvalue weighted by molar-refractivity contribution is 5.99. The smallest absolute Gasteiger partial charge is 0.356 e. The first kappa shape index (κ1) is 17.4. The molecule has 0 spiro atoms. The van der Waals surface area contributed by atoms with E-state index in [1.807, 2.05) is 24.4 Å². The molecule has 1 aromatic heterocycles. The van der Waals surface area contributed by atoms with Crippen molar-refractivity contribution in [2.24, 2.45) is 0 Å². The van der Waals surface area contributed by atoms with Crippen LogP contribution in [0, 0.1) is 0 Å². The first-order valence-corrected chi connectivity index (χ1v) is 9.06. The van der Waals surface area contributed by atoms with Crippen LogP contribution in [-0.4, -0.2) is 44.4 Å². The summed E-state index contributed by atoms with van der Waals surface area (Å²) in [7, 11) is 1.40. The molecule has 0 radical (unpaired) electrons. The average molecular weight is 362 g/mol. The Morgan fingerprint density at radius 3 is 2.26 bits per heavy atom. The third kappa shape index (κ3) is 3.46. The van der Waals surface area contributed by atoms with Gasteiger partial charge in [0, 0.05) is 24.8 Å². The molecule has 5 nitrogen and oxygen atoms in total. The van der Waals surface area contributed by atoms with Gasteiger partial charge in [-0.15, -0.1) is 0 Å². The number of anilines is 1. The Kier molecular flexibility index (Phi) is 4.94. The highest BCUT2D eigenvalue weighted by Crippen LogP contribution is 2.36. The van der Waals surface area contributed by atoms with Crippen molar-refractivity contribution in [2.75, 3.05) is 38.3 Å². The Labute approximate surface area is 158 Å². The second-order valence-electron chi connectivity index (χ2n) is 6.46. The van der Waals surface area contributed by atoms with Crippen molar-refractivity contribution in [2.45, 2.75) is 0 Å². The minimum absolute atomic E-state index is 0.358. The number of benzene rings is 2. The maximum Gasteiger partial charge on any atom is 0.356 e. The van der Waals surface area contributed by atoms with Gasteiger partial charge in [-0.3, -0.25) is 0 Å². The lowest BCUT2D eigenvalue weighted by molar-refractivity contribution is 0.0594. The summed E-state index contributed by atoms with van der Waals surface area (Å²) in [5, 5.41) is 0. The van der Waals surface area contributed by atoms with Crippen LogP contribution in [-0.2, 0) is 9.47 Å². The van der Waals surface area contributed by atoms with Crippen molar-refractivity contribution in [3.05, 3.63) is 66.5 Å². The van der Waals surface area contributed by atoms with Crippen LogP contribution < -0.4 is 4.90 Å². The van der Waals surface area contributed by atoms with Crippen LogP contribution in [0.4, 0.5) is 5.69 Å². The van der Waals surface area contributed by atoms with Gasteiger partial charge in [-0.25, -0.2) is 4.79 Å². The summed E-state index contributed by atoms with van der Waals surface area (Å²) in [4.78, 5) is 17.5. The van der Waals surface area contributed by atoms with Gasteiger partial charge in [0.15, 0.2) is 0 Å². The van der Waals surface area contributed by atoms with E-state index in [0.717, 1.165) is 35.5 Å². The zero-order chi connectivity index (χ0) is 18.6. The van der Waals surface area contributed by atoms with E-state index in [0.29, 0.717) is 18.9 Å². The van der Waals surface area contributed by atoms with E-state index in [9.17, 15) is 4.79 Å². The molecule has 138 valence electrons. The molecule has 0 aliphatic carbocycles. The third-order valence-corrected chi connectivity index (χ3v) is 4.87. The van der Waals surface area contributed by atoms with Gasteiger partial charge in [-0.2, -0.15) is 0 Å². The van der Waals surface area contributed by atoms with E-state index in [4.69, 9.17) is 9.47 Å². The fraction of sp³-hybridized carbons (Fsp3) is 0.227. The van der Waals surface area contributed by atoms with Gasteiger partial charge in [0.1, 0.15) is 5.69 Å². The quantitative estimate of drug-likeness (QED) is 0.714. The lowest BCUT2D eigenvalue weighted by Crippen LogP contribution is -2.37. The van der Waals surface area contributed by atoms with Crippen LogP contribution in [0.1, 0.15) is 10.5 Å². The van der Waals surface area contributed by atoms with Gasteiger partial charge < -0.3 is 19.4 Å². The van der Waals surface area contributed by atoms with E-state index in [1.54, 1.807) is 0 Å². The molecule has 1 fully saturated rings. The number of morpholine rings is 1. The Morgan fingerprint density at radius 1 is 0.963 bits per heavy atom. The van der Waals surface area contributed by atoms with Gasteiger partial charge in [0.25, 0.3) is 0 Å². The third-order valence-electron chi connectivity index (χ3n) is 4.87. The van der Waals surface area contributed by atoms with Gasteiger partial charge in [-0.05, 0) is 16.7 Å². The molecule has 0 atom stereocenters. The Balaban J connectivity index is 1.72. The molecule has 0 amide bonds. The predicted octanol–water partition coefficient (Wildman–Crippen LogP) is 3.97. The monoisotopic (exact) mass is 362 g/mol. The second kappa shape index (κ2) is 7.68. The van der Waals surface area contributed by atoms with Crippen LogP contribution in [0.2, 0.25) is 0 Å². The molecule has 0 saturated carbocycles. The van der Waals surface area contributed by atoms with E-state index in [2.05, 4.69) is 46.3 Å². The molecule has 1 saturated heterocycles. The lowest BCUT2D eigenvalue weighted by Gasteiger charge is -2.30. The van der Waals surface area contributed by atoms with Crippen LogP contribution in [0.25, 0.3) is 22.3 Å². The zero-order valence-electron chi connectivity index (χ0n) is 15.3. The summed E-state index contributed by atoms with van der Waals surface area (Å²) in [6, 6.07) is 18.7. The summed E-state index contributed by atoms with van der Waals surface area (Å²) in [5.41, 5.74) is 5.77. The molecule has 2 aromatic carbocycles. The van der Waals surface area contributed by atoms with Crippen molar-refractivity contribution in [3.8, 4) is 22.3 Å². The van der Waals surface area contributed by atoms with Gasteiger partial charge in [0.2, 0.25) is 0 Å². The number of esters is 1. The van der Waals surface area contributed by atoms with E-state index in [1.165, 1.54) is 12.7 Å². The molecule has 1 aliphatic heterocycles. The summed E-state index contributed by atoms with van der Waals surface area (Å²) >= 11 is 0. The number of hydrogen-bond donors (Lipinski definition) is 1. The lowest BCUT2D eigenvalue weighted by atomic mass is 10.0. The number of nitrogens with zero attached hydrogens (tertiary/aromatic N) is 1. The van der Waals surface area contributed by atoms with Crippen LogP contribution in [0.15, 0.2) is 60.8 Å². The number of hydrogen-bond acceptors (Lipinski definition) is 4. The topological polar surface area (TPSA) is 54.6 Å². The summed E-state index contributed by atoms with van der Waals surface area (Å²) < 4.78 is 10.4. The summed E-state index contributed by atoms with van der Waals surface area (Å²) in [6.45, 7) is 2.80. The molecular formula is C22H22N2O3. The molecule has 1 N–H and O–H groups in total. The largest absolute Gasteiger partial charge is 0.464 e. The van der Waals surface area contributed by atoms with E-state index in [-0.39, 0.29) is 5.97 Å². The Hall–Kier alpha value is -3.05. The molecular weight excluding hydrogens is 340 g/mol. The minimum atomic E-state index is -0.358. The van der Waals surface area contributed by atoms with Crippen molar-refractivity contribution >= 4 is 11.7 Å². The standard InChI is InChI=1S/C22H22N2O3/c1-26-22(25)20-21(24-11-13-27-14-12-24)19(15-23-20)18-9-7-17(8-10-18)16-5-3-2-4-6-16/h2-10,15,23H,11-14H2,1H3. The second-order valence-corrected chi connectivity index (χ2v) is 6.46. The normalized spacial score (nSPS) is 14.2. The maximum absolute atomic E-state index is 12.2. The highest BCUT2D eigenvalue weighted by atomic mass is 16.5. The average Bonchev–Trinajstić information content (AvgIpc) is 3.20. The van der Waals surface area contributed by atoms with Crippen LogP contribution in [0.3, 0.4) is 0 Å². The van der Waals surface area contributed by atoms with E-state index >= 15 is 0 Å².